The van der Waals surface area contributed by atoms with Gasteiger partial charge >= 0.3 is 0 Å². The molecule has 1 atom stereocenters. The molecule has 0 spiro atoms. The lowest BCUT2D eigenvalue weighted by Crippen LogP contribution is -2.41. The van der Waals surface area contributed by atoms with E-state index >= 15 is 0 Å². The second-order valence-corrected chi connectivity index (χ2v) is 5.54. The van der Waals surface area contributed by atoms with Crippen molar-refractivity contribution < 1.29 is 9.59 Å². The van der Waals surface area contributed by atoms with E-state index in [9.17, 15) is 9.59 Å². The smallest absolute Gasteiger partial charge is 0.229 e. The van der Waals surface area contributed by atoms with Crippen molar-refractivity contribution in [1.29, 1.82) is 0 Å². The maximum atomic E-state index is 11.6. The molecule has 104 valence electrons. The molecule has 0 bridgehead atoms. The molecule has 3 heteroatoms. The monoisotopic (exact) mass is 253 g/mol. The standard InChI is InChI=1S/C15H27NO2/c1-3-4-5-6-8-13(2)11-12-16-14(17)9-7-10-15(16)18/h13H,3-12H2,1-2H3/t13-/m1/s1. The van der Waals surface area contributed by atoms with Gasteiger partial charge in [0.05, 0.1) is 0 Å². The van der Waals surface area contributed by atoms with Gasteiger partial charge in [0.25, 0.3) is 0 Å². The number of rotatable bonds is 8. The predicted molar refractivity (Wildman–Crippen MR) is 73.1 cm³/mol. The lowest BCUT2D eigenvalue weighted by Gasteiger charge is -2.26. The van der Waals surface area contributed by atoms with Crippen molar-refractivity contribution in [3.05, 3.63) is 0 Å². The molecule has 0 aromatic rings. The predicted octanol–water partition coefficient (Wildman–Crippen LogP) is 3.52. The Morgan fingerprint density at radius 3 is 2.33 bits per heavy atom. The largest absolute Gasteiger partial charge is 0.283 e. The van der Waals surface area contributed by atoms with E-state index in [4.69, 9.17) is 0 Å². The molecule has 1 heterocycles. The van der Waals surface area contributed by atoms with Crippen LogP contribution in [0.3, 0.4) is 0 Å². The average Bonchev–Trinajstić information content (AvgIpc) is 2.34. The Balaban J connectivity index is 2.18. The summed E-state index contributed by atoms with van der Waals surface area (Å²) >= 11 is 0. The van der Waals surface area contributed by atoms with Gasteiger partial charge in [0.2, 0.25) is 11.8 Å². The Morgan fingerprint density at radius 1 is 1.06 bits per heavy atom. The summed E-state index contributed by atoms with van der Waals surface area (Å²) in [4.78, 5) is 24.7. The number of piperidine rings is 1. The zero-order valence-electron chi connectivity index (χ0n) is 11.9. The van der Waals surface area contributed by atoms with Gasteiger partial charge in [-0.25, -0.2) is 0 Å². The number of hydrogen-bond donors (Lipinski definition) is 0. The number of carbonyl (C=O) groups excluding carboxylic acids is 2. The first-order chi connectivity index (χ1) is 8.65. The molecule has 0 unspecified atom stereocenters. The van der Waals surface area contributed by atoms with Crippen molar-refractivity contribution in [3.8, 4) is 0 Å². The average molecular weight is 253 g/mol. The highest BCUT2D eigenvalue weighted by atomic mass is 16.2. The van der Waals surface area contributed by atoms with E-state index in [1.54, 1.807) is 0 Å². The molecule has 18 heavy (non-hydrogen) atoms. The van der Waals surface area contributed by atoms with Gasteiger partial charge in [-0.1, -0.05) is 46.0 Å². The van der Waals surface area contributed by atoms with Gasteiger partial charge in [0.15, 0.2) is 0 Å². The molecule has 3 nitrogen and oxygen atoms in total. The van der Waals surface area contributed by atoms with E-state index in [1.165, 1.54) is 37.0 Å². The number of imide groups is 1. The van der Waals surface area contributed by atoms with Gasteiger partial charge in [-0.05, 0) is 18.8 Å². The van der Waals surface area contributed by atoms with E-state index in [0.29, 0.717) is 25.3 Å². The highest BCUT2D eigenvalue weighted by Gasteiger charge is 2.25. The van der Waals surface area contributed by atoms with Crippen LogP contribution in [0.1, 0.15) is 71.6 Å². The molecule has 0 aromatic heterocycles. The summed E-state index contributed by atoms with van der Waals surface area (Å²) in [5, 5.41) is 0. The third-order valence-electron chi connectivity index (χ3n) is 3.78. The first-order valence-electron chi connectivity index (χ1n) is 7.48. The second-order valence-electron chi connectivity index (χ2n) is 5.54. The molecule has 1 fully saturated rings. The highest BCUT2D eigenvalue weighted by molar-refractivity contribution is 5.97. The maximum Gasteiger partial charge on any atom is 0.229 e. The van der Waals surface area contributed by atoms with Crippen molar-refractivity contribution in [1.82, 2.24) is 4.90 Å². The molecule has 0 saturated carbocycles. The van der Waals surface area contributed by atoms with E-state index in [2.05, 4.69) is 13.8 Å². The molecule has 2 amide bonds. The number of carbonyl (C=O) groups is 2. The summed E-state index contributed by atoms with van der Waals surface area (Å²) in [7, 11) is 0. The minimum atomic E-state index is 0.0319. The first-order valence-corrected chi connectivity index (χ1v) is 7.48. The van der Waals surface area contributed by atoms with Crippen LogP contribution >= 0.6 is 0 Å². The van der Waals surface area contributed by atoms with Gasteiger partial charge in [0.1, 0.15) is 0 Å². The van der Waals surface area contributed by atoms with E-state index in [0.717, 1.165) is 12.8 Å². The summed E-state index contributed by atoms with van der Waals surface area (Å²) in [5.74, 6) is 0.679. The molecule has 0 aliphatic carbocycles. The molecule has 1 saturated heterocycles. The lowest BCUT2D eigenvalue weighted by molar-refractivity contribution is -0.148. The molecule has 1 rings (SSSR count). The van der Waals surface area contributed by atoms with Crippen LogP contribution in [0.25, 0.3) is 0 Å². The number of amides is 2. The van der Waals surface area contributed by atoms with Gasteiger partial charge < -0.3 is 0 Å². The molecule has 0 N–H and O–H groups in total. The fourth-order valence-electron chi connectivity index (χ4n) is 2.46. The minimum absolute atomic E-state index is 0.0319. The van der Waals surface area contributed by atoms with Gasteiger partial charge in [-0.3, -0.25) is 14.5 Å². The van der Waals surface area contributed by atoms with Gasteiger partial charge in [0, 0.05) is 19.4 Å². The number of unbranched alkanes of at least 4 members (excludes halogenated alkanes) is 3. The van der Waals surface area contributed by atoms with Crippen molar-refractivity contribution in [2.75, 3.05) is 6.54 Å². The third-order valence-corrected chi connectivity index (χ3v) is 3.78. The summed E-state index contributed by atoms with van der Waals surface area (Å²) in [5.41, 5.74) is 0. The van der Waals surface area contributed by atoms with Crippen LogP contribution in [0.5, 0.6) is 0 Å². The zero-order chi connectivity index (χ0) is 13.4. The summed E-state index contributed by atoms with van der Waals surface area (Å²) < 4.78 is 0. The highest BCUT2D eigenvalue weighted by Crippen LogP contribution is 2.17. The lowest BCUT2D eigenvalue weighted by atomic mass is 9.98. The number of hydrogen-bond acceptors (Lipinski definition) is 2. The van der Waals surface area contributed by atoms with Crippen molar-refractivity contribution in [3.63, 3.8) is 0 Å². The van der Waals surface area contributed by atoms with Crippen LogP contribution in [-0.4, -0.2) is 23.3 Å². The van der Waals surface area contributed by atoms with Crippen LogP contribution < -0.4 is 0 Å². The van der Waals surface area contributed by atoms with Crippen LogP contribution in [0.4, 0.5) is 0 Å². The van der Waals surface area contributed by atoms with Crippen LogP contribution in [0.15, 0.2) is 0 Å². The molecule has 0 radical (unpaired) electrons. The SMILES string of the molecule is CCCCCC[C@@H](C)CCN1C(=O)CCCC1=O. The van der Waals surface area contributed by atoms with Crippen LogP contribution in [0.2, 0.25) is 0 Å². The molecule has 1 aliphatic heterocycles. The fraction of sp³-hybridized carbons (Fsp3) is 0.867. The van der Waals surface area contributed by atoms with Crippen LogP contribution in [0, 0.1) is 5.92 Å². The first kappa shape index (κ1) is 15.2. The molecule has 0 aromatic carbocycles. The van der Waals surface area contributed by atoms with Gasteiger partial charge in [-0.2, -0.15) is 0 Å². The Morgan fingerprint density at radius 2 is 1.72 bits per heavy atom. The zero-order valence-corrected chi connectivity index (χ0v) is 11.9. The fourth-order valence-corrected chi connectivity index (χ4v) is 2.46. The Bertz CT molecular complexity index is 260. The van der Waals surface area contributed by atoms with E-state index in [1.807, 2.05) is 0 Å². The topological polar surface area (TPSA) is 37.4 Å². The molecular formula is C15H27NO2. The Hall–Kier alpha value is -0.860. The minimum Gasteiger partial charge on any atom is -0.283 e. The van der Waals surface area contributed by atoms with Crippen LogP contribution in [-0.2, 0) is 9.59 Å². The Kier molecular flexibility index (Phi) is 6.99. The molecular weight excluding hydrogens is 226 g/mol. The van der Waals surface area contributed by atoms with Crippen molar-refractivity contribution >= 4 is 11.8 Å². The van der Waals surface area contributed by atoms with E-state index in [-0.39, 0.29) is 11.8 Å². The Labute approximate surface area is 111 Å². The molecule has 1 aliphatic rings. The number of likely N-dealkylation sites (tertiary alicyclic amines) is 1. The maximum absolute atomic E-state index is 11.6. The second kappa shape index (κ2) is 8.28. The van der Waals surface area contributed by atoms with Gasteiger partial charge in [-0.15, -0.1) is 0 Å². The van der Waals surface area contributed by atoms with Crippen molar-refractivity contribution in [2.24, 2.45) is 5.92 Å². The third kappa shape index (κ3) is 5.19. The normalized spacial score (nSPS) is 18.2. The number of nitrogens with zero attached hydrogens (tertiary/aromatic N) is 1. The van der Waals surface area contributed by atoms with Crippen molar-refractivity contribution in [2.45, 2.75) is 71.6 Å². The van der Waals surface area contributed by atoms with E-state index < -0.39 is 0 Å². The summed E-state index contributed by atoms with van der Waals surface area (Å²) in [6.07, 6.45) is 9.19. The quantitative estimate of drug-likeness (QED) is 0.490. The summed E-state index contributed by atoms with van der Waals surface area (Å²) in [6, 6.07) is 0. The summed E-state index contributed by atoms with van der Waals surface area (Å²) in [6.45, 7) is 5.08.